The van der Waals surface area contributed by atoms with Crippen molar-refractivity contribution in [1.82, 2.24) is 10.6 Å². The van der Waals surface area contributed by atoms with Crippen LogP contribution < -0.4 is 15.4 Å². The van der Waals surface area contributed by atoms with Gasteiger partial charge in [0.15, 0.2) is 6.61 Å². The maximum absolute atomic E-state index is 13.4. The fourth-order valence-corrected chi connectivity index (χ4v) is 4.54. The summed E-state index contributed by atoms with van der Waals surface area (Å²) < 4.78 is 24.2. The van der Waals surface area contributed by atoms with Gasteiger partial charge in [-0.25, -0.2) is 4.39 Å². The maximum atomic E-state index is 13.4. The molecule has 0 aliphatic heterocycles. The number of nitriles is 1. The van der Waals surface area contributed by atoms with E-state index in [0.717, 1.165) is 11.6 Å². The lowest BCUT2D eigenvalue weighted by Crippen LogP contribution is -2.84. The van der Waals surface area contributed by atoms with Crippen LogP contribution in [0.1, 0.15) is 30.4 Å². The number of nitrogens with one attached hydrogen (secondary N) is 2. The van der Waals surface area contributed by atoms with Crippen molar-refractivity contribution in [3.05, 3.63) is 64.4 Å². The topological polar surface area (TPSA) is 100 Å². The van der Waals surface area contributed by atoms with Crippen LogP contribution in [0.25, 0.3) is 0 Å². The second kappa shape index (κ2) is 8.77. The Balaban J connectivity index is 1.14. The zero-order chi connectivity index (χ0) is 22.8. The zero-order valence-electron chi connectivity index (χ0n) is 17.1. The highest BCUT2D eigenvalue weighted by Gasteiger charge is 2.69. The van der Waals surface area contributed by atoms with Gasteiger partial charge in [-0.15, -0.1) is 0 Å². The summed E-state index contributed by atoms with van der Waals surface area (Å²) in [5, 5.41) is 14.8. The van der Waals surface area contributed by atoms with Crippen molar-refractivity contribution in [2.75, 3.05) is 13.2 Å². The molecule has 2 aromatic rings. The molecule has 7 nitrogen and oxygen atoms in total. The number of carbonyl (C=O) groups is 2. The molecule has 3 aliphatic carbocycles. The molecule has 0 aromatic heterocycles. The van der Waals surface area contributed by atoms with Crippen LogP contribution >= 0.6 is 11.6 Å². The van der Waals surface area contributed by atoms with Gasteiger partial charge < -0.3 is 20.1 Å². The second-order valence-electron chi connectivity index (χ2n) is 8.36. The highest BCUT2D eigenvalue weighted by molar-refractivity contribution is 6.30. The van der Waals surface area contributed by atoms with Crippen molar-refractivity contribution in [3.63, 3.8) is 0 Å². The van der Waals surface area contributed by atoms with Crippen molar-refractivity contribution in [3.8, 4) is 11.8 Å². The molecular formula is C23H21ClFN3O4. The Bertz CT molecular complexity index is 1080. The van der Waals surface area contributed by atoms with Crippen LogP contribution in [-0.4, -0.2) is 36.1 Å². The third-order valence-electron chi connectivity index (χ3n) is 5.66. The Hall–Kier alpha value is -3.15. The lowest BCUT2D eigenvalue weighted by atomic mass is 9.44. The first-order valence-electron chi connectivity index (χ1n) is 10.1. The first-order valence-corrected chi connectivity index (χ1v) is 10.4. The van der Waals surface area contributed by atoms with Crippen LogP contribution in [0, 0.1) is 17.1 Å². The van der Waals surface area contributed by atoms with Crippen LogP contribution in [0.3, 0.4) is 0 Å². The summed E-state index contributed by atoms with van der Waals surface area (Å²) in [5.74, 6) is -0.902. The summed E-state index contributed by atoms with van der Waals surface area (Å²) in [7, 11) is 0. The van der Waals surface area contributed by atoms with Gasteiger partial charge in [-0.05, 0) is 49.1 Å². The molecule has 5 rings (SSSR count). The quantitative estimate of drug-likeness (QED) is 0.603. The van der Waals surface area contributed by atoms with E-state index in [4.69, 9.17) is 26.3 Å². The first-order chi connectivity index (χ1) is 15.3. The molecule has 2 aromatic carbocycles. The normalized spacial score (nSPS) is 22.7. The van der Waals surface area contributed by atoms with E-state index >= 15 is 0 Å². The third kappa shape index (κ3) is 4.85. The Kier molecular flexibility index (Phi) is 6.04. The van der Waals surface area contributed by atoms with Gasteiger partial charge in [0, 0.05) is 17.1 Å². The standard InChI is InChI=1S/C23H21ClFN3O4/c24-18-5-4-17(7-19(18)25)32-11-21(30)28-23-12-22(13-23,14-23)27-20(29)10-31-9-16-3-1-2-15(6-16)8-26/h1-7H,9-14H2,(H,27,29)(H,28,30). The fourth-order valence-electron chi connectivity index (χ4n) is 4.42. The van der Waals surface area contributed by atoms with E-state index in [9.17, 15) is 14.0 Å². The Morgan fingerprint density at radius 3 is 2.41 bits per heavy atom. The molecule has 0 atom stereocenters. The van der Waals surface area contributed by atoms with Gasteiger partial charge >= 0.3 is 0 Å². The van der Waals surface area contributed by atoms with E-state index in [1.807, 2.05) is 6.07 Å². The summed E-state index contributed by atoms with van der Waals surface area (Å²) >= 11 is 5.62. The number of carbonyl (C=O) groups excluding carboxylic acids is 2. The zero-order valence-corrected chi connectivity index (χ0v) is 17.9. The molecule has 2 N–H and O–H groups in total. The SMILES string of the molecule is N#Cc1cccc(COCC(=O)NC23CC(NC(=O)COc4ccc(Cl)c(F)c4)(C2)C3)c1. The Labute approximate surface area is 189 Å². The second-order valence-corrected chi connectivity index (χ2v) is 8.76. The number of ether oxygens (including phenoxy) is 2. The number of halogens is 2. The summed E-state index contributed by atoms with van der Waals surface area (Å²) in [6.07, 6.45) is 1.95. The van der Waals surface area contributed by atoms with E-state index in [1.165, 1.54) is 12.1 Å². The molecule has 32 heavy (non-hydrogen) atoms. The number of nitrogens with zero attached hydrogens (tertiary/aromatic N) is 1. The maximum Gasteiger partial charge on any atom is 0.258 e. The van der Waals surface area contributed by atoms with Crippen molar-refractivity contribution in [2.45, 2.75) is 36.9 Å². The van der Waals surface area contributed by atoms with Gasteiger partial charge in [0.1, 0.15) is 18.2 Å². The van der Waals surface area contributed by atoms with Gasteiger partial charge in [-0.1, -0.05) is 23.7 Å². The number of rotatable bonds is 9. The number of benzene rings is 2. The third-order valence-corrected chi connectivity index (χ3v) is 5.96. The molecule has 3 aliphatic rings. The number of hydrogen-bond acceptors (Lipinski definition) is 5. The molecule has 3 fully saturated rings. The van der Waals surface area contributed by atoms with Gasteiger partial charge in [0.25, 0.3) is 5.91 Å². The summed E-state index contributed by atoms with van der Waals surface area (Å²) in [5.41, 5.74) is 0.752. The van der Waals surface area contributed by atoms with E-state index < -0.39 is 5.82 Å². The molecule has 166 valence electrons. The van der Waals surface area contributed by atoms with Crippen LogP contribution in [0.2, 0.25) is 5.02 Å². The van der Waals surface area contributed by atoms with E-state index in [-0.39, 0.29) is 53.5 Å². The van der Waals surface area contributed by atoms with E-state index in [2.05, 4.69) is 16.7 Å². The Morgan fingerprint density at radius 1 is 1.06 bits per heavy atom. The van der Waals surface area contributed by atoms with Crippen LogP contribution in [-0.2, 0) is 20.9 Å². The van der Waals surface area contributed by atoms with E-state index in [0.29, 0.717) is 24.8 Å². The predicted molar refractivity (Wildman–Crippen MR) is 113 cm³/mol. The van der Waals surface area contributed by atoms with Gasteiger partial charge in [0.2, 0.25) is 5.91 Å². The molecule has 0 spiro atoms. The molecule has 0 unspecified atom stereocenters. The van der Waals surface area contributed by atoms with Crippen LogP contribution in [0.4, 0.5) is 4.39 Å². The summed E-state index contributed by atoms with van der Waals surface area (Å²) in [4.78, 5) is 24.4. The van der Waals surface area contributed by atoms with E-state index in [1.54, 1.807) is 18.2 Å². The van der Waals surface area contributed by atoms with Gasteiger partial charge in [0.05, 0.1) is 23.3 Å². The molecule has 0 heterocycles. The minimum atomic E-state index is -0.610. The molecule has 0 saturated heterocycles. The molecule has 0 radical (unpaired) electrons. The molecule has 2 amide bonds. The molecular weight excluding hydrogens is 437 g/mol. The molecule has 9 heteroatoms. The van der Waals surface area contributed by atoms with Crippen molar-refractivity contribution in [2.24, 2.45) is 0 Å². The molecule has 3 saturated carbocycles. The average Bonchev–Trinajstić information content (AvgIpc) is 2.72. The van der Waals surface area contributed by atoms with Gasteiger partial charge in [-0.3, -0.25) is 9.59 Å². The summed E-state index contributed by atoms with van der Waals surface area (Å²) in [6, 6.07) is 13.1. The summed E-state index contributed by atoms with van der Waals surface area (Å²) in [6.45, 7) is -0.0696. The van der Waals surface area contributed by atoms with Gasteiger partial charge in [-0.2, -0.15) is 5.26 Å². The van der Waals surface area contributed by atoms with Crippen LogP contribution in [0.5, 0.6) is 5.75 Å². The highest BCUT2D eigenvalue weighted by Crippen LogP contribution is 2.60. The number of hydrogen-bond donors (Lipinski definition) is 2. The first kappa shape index (κ1) is 22.1. The van der Waals surface area contributed by atoms with Crippen molar-refractivity contribution in [1.29, 1.82) is 5.26 Å². The minimum absolute atomic E-state index is 0.0124. The lowest BCUT2D eigenvalue weighted by Gasteiger charge is -2.70. The highest BCUT2D eigenvalue weighted by atomic mass is 35.5. The molecule has 2 bridgehead atoms. The number of amides is 2. The van der Waals surface area contributed by atoms with Crippen LogP contribution in [0.15, 0.2) is 42.5 Å². The monoisotopic (exact) mass is 457 g/mol. The average molecular weight is 458 g/mol. The largest absolute Gasteiger partial charge is 0.484 e. The van der Waals surface area contributed by atoms with Crippen molar-refractivity contribution >= 4 is 23.4 Å². The predicted octanol–water partition coefficient (Wildman–Crippen LogP) is 2.85. The van der Waals surface area contributed by atoms with Crippen molar-refractivity contribution < 1.29 is 23.5 Å². The fraction of sp³-hybridized carbons (Fsp3) is 0.348. The smallest absolute Gasteiger partial charge is 0.258 e. The Morgan fingerprint density at radius 2 is 1.75 bits per heavy atom. The lowest BCUT2D eigenvalue weighted by molar-refractivity contribution is -0.152. The minimum Gasteiger partial charge on any atom is -0.484 e.